The zero-order valence-electron chi connectivity index (χ0n) is 20.9. The summed E-state index contributed by atoms with van der Waals surface area (Å²) in [6.07, 6.45) is 19.1. The van der Waals surface area contributed by atoms with Gasteiger partial charge in [0.15, 0.2) is 0 Å². The third-order valence-corrected chi connectivity index (χ3v) is 9.99. The van der Waals surface area contributed by atoms with Crippen LogP contribution in [0.2, 0.25) is 0 Å². The van der Waals surface area contributed by atoms with Crippen molar-refractivity contribution < 1.29 is 10.2 Å². The Labute approximate surface area is 200 Å². The average Bonchev–Trinajstić information content (AvgIpc) is 3.37. The van der Waals surface area contributed by atoms with Gasteiger partial charge in [-0.25, -0.2) is 0 Å². The van der Waals surface area contributed by atoms with Crippen LogP contribution in [0, 0.1) is 28.1 Å². The van der Waals surface area contributed by atoms with Crippen molar-refractivity contribution in [1.29, 1.82) is 0 Å². The van der Waals surface area contributed by atoms with E-state index in [4.69, 9.17) is 0 Å². The van der Waals surface area contributed by atoms with Gasteiger partial charge in [0.2, 0.25) is 0 Å². The van der Waals surface area contributed by atoms with Crippen molar-refractivity contribution in [3.63, 3.8) is 0 Å². The van der Waals surface area contributed by atoms with E-state index in [1.807, 2.05) is 0 Å². The number of allylic oxidation sites excluding steroid dienone is 3. The fourth-order valence-electron chi connectivity index (χ4n) is 7.98. The number of hydrogen-bond donors (Lipinski definition) is 2. The molecule has 0 aromatic rings. The van der Waals surface area contributed by atoms with Crippen LogP contribution in [0.4, 0.5) is 0 Å². The Morgan fingerprint density at radius 1 is 1.15 bits per heavy atom. The molecule has 33 heavy (non-hydrogen) atoms. The minimum atomic E-state index is -0.651. The van der Waals surface area contributed by atoms with Crippen LogP contribution in [-0.4, -0.2) is 28.0 Å². The third-order valence-electron chi connectivity index (χ3n) is 9.99. The second-order valence-electron chi connectivity index (χ2n) is 12.1. The molecule has 0 aliphatic heterocycles. The van der Waals surface area contributed by atoms with Crippen LogP contribution in [0.25, 0.3) is 0 Å². The van der Waals surface area contributed by atoms with E-state index in [0.717, 1.165) is 37.2 Å². The minimum absolute atomic E-state index is 0.368. The van der Waals surface area contributed by atoms with Crippen LogP contribution < -0.4 is 0 Å². The van der Waals surface area contributed by atoms with Crippen LogP contribution in [0.1, 0.15) is 104 Å². The topological polar surface area (TPSA) is 69.9 Å². The van der Waals surface area contributed by atoms with Crippen LogP contribution in [-0.2, 0) is 0 Å². The van der Waals surface area contributed by atoms with Crippen molar-refractivity contribution in [3.8, 4) is 0 Å². The molecule has 0 aromatic heterocycles. The summed E-state index contributed by atoms with van der Waals surface area (Å²) in [6, 6.07) is -0.492. The van der Waals surface area contributed by atoms with Gasteiger partial charge >= 0.3 is 0 Å². The number of rotatable bonds is 7. The molecule has 4 nitrogen and oxygen atoms in total. The lowest BCUT2D eigenvalue weighted by Crippen LogP contribution is -2.36. The molecule has 184 valence electrons. The van der Waals surface area contributed by atoms with Crippen molar-refractivity contribution in [2.75, 3.05) is 0 Å². The SMILES string of the molecule is C=C1[C@H](O)C/C(=C/C=C2\CCC[C@@]3(C)C2CCC3[C@@H](C)CCCC2(O)CCCC2)C[C@H]1N=O. The molecular weight excluding hydrogens is 410 g/mol. The molecule has 0 bridgehead atoms. The van der Waals surface area contributed by atoms with Gasteiger partial charge in [-0.3, -0.25) is 0 Å². The Balaban J connectivity index is 1.39. The summed E-state index contributed by atoms with van der Waals surface area (Å²) in [6.45, 7) is 8.85. The lowest BCUT2D eigenvalue weighted by molar-refractivity contribution is 0.0319. The van der Waals surface area contributed by atoms with E-state index in [2.05, 4.69) is 37.8 Å². The summed E-state index contributed by atoms with van der Waals surface area (Å²) >= 11 is 0. The zero-order valence-corrected chi connectivity index (χ0v) is 20.9. The maximum Gasteiger partial charge on any atom is 0.119 e. The first-order chi connectivity index (χ1) is 15.8. The Hall–Kier alpha value is -1.26. The smallest absolute Gasteiger partial charge is 0.119 e. The summed E-state index contributed by atoms with van der Waals surface area (Å²) in [5.41, 5.74) is 3.26. The molecule has 2 unspecified atom stereocenters. The maximum absolute atomic E-state index is 11.1. The molecule has 0 heterocycles. The number of fused-ring (bicyclic) bond motifs is 1. The molecule has 4 aliphatic carbocycles. The van der Waals surface area contributed by atoms with Crippen LogP contribution in [0.15, 0.2) is 40.6 Å². The fraction of sp³-hybridized carbons (Fsp3) is 0.793. The first-order valence-corrected chi connectivity index (χ1v) is 13.6. The molecule has 0 amide bonds. The molecule has 0 radical (unpaired) electrons. The highest BCUT2D eigenvalue weighted by Gasteiger charge is 2.50. The van der Waals surface area contributed by atoms with Gasteiger partial charge in [0, 0.05) is 0 Å². The average molecular weight is 456 g/mol. The van der Waals surface area contributed by atoms with E-state index in [9.17, 15) is 15.1 Å². The van der Waals surface area contributed by atoms with Gasteiger partial charge in [-0.15, -0.1) is 0 Å². The molecular formula is C29H45NO3. The Bertz CT molecular complexity index is 793. The van der Waals surface area contributed by atoms with E-state index in [0.29, 0.717) is 35.7 Å². The minimum Gasteiger partial charge on any atom is -0.390 e. The second kappa shape index (κ2) is 10.2. The number of aliphatic hydroxyl groups excluding tert-OH is 1. The molecule has 0 aromatic carbocycles. The highest BCUT2D eigenvalue weighted by molar-refractivity contribution is 5.30. The normalized spacial score (nSPS) is 39.7. The highest BCUT2D eigenvalue weighted by atomic mass is 16.3. The van der Waals surface area contributed by atoms with Crippen LogP contribution in [0.3, 0.4) is 0 Å². The predicted octanol–water partition coefficient (Wildman–Crippen LogP) is 7.01. The maximum atomic E-state index is 11.1. The van der Waals surface area contributed by atoms with Gasteiger partial charge < -0.3 is 10.2 Å². The fourth-order valence-corrected chi connectivity index (χ4v) is 7.98. The second-order valence-corrected chi connectivity index (χ2v) is 12.1. The first-order valence-electron chi connectivity index (χ1n) is 13.6. The molecule has 0 spiro atoms. The summed E-state index contributed by atoms with van der Waals surface area (Å²) in [5.74, 6) is 2.13. The van der Waals surface area contributed by atoms with Gasteiger partial charge in [0.1, 0.15) is 6.04 Å². The van der Waals surface area contributed by atoms with Gasteiger partial charge in [-0.05, 0) is 93.0 Å². The summed E-state index contributed by atoms with van der Waals surface area (Å²) < 4.78 is 0. The summed E-state index contributed by atoms with van der Waals surface area (Å²) in [5, 5.41) is 24.2. The van der Waals surface area contributed by atoms with E-state index in [1.165, 1.54) is 51.4 Å². The van der Waals surface area contributed by atoms with Crippen molar-refractivity contribution in [3.05, 3.63) is 40.4 Å². The van der Waals surface area contributed by atoms with Crippen molar-refractivity contribution >= 4 is 0 Å². The van der Waals surface area contributed by atoms with Gasteiger partial charge in [0.05, 0.1) is 11.7 Å². The number of nitroso groups, excluding NO2 is 1. The van der Waals surface area contributed by atoms with E-state index in [-0.39, 0.29) is 5.60 Å². The van der Waals surface area contributed by atoms with Crippen LogP contribution in [0.5, 0.6) is 0 Å². The van der Waals surface area contributed by atoms with Crippen molar-refractivity contribution in [2.45, 2.75) is 121 Å². The van der Waals surface area contributed by atoms with Crippen LogP contribution >= 0.6 is 0 Å². The number of hydrogen-bond acceptors (Lipinski definition) is 4. The van der Waals surface area contributed by atoms with Crippen molar-refractivity contribution in [1.82, 2.24) is 0 Å². The van der Waals surface area contributed by atoms with Gasteiger partial charge in [-0.1, -0.05) is 74.6 Å². The van der Waals surface area contributed by atoms with E-state index in [1.54, 1.807) is 5.57 Å². The Morgan fingerprint density at radius 2 is 1.91 bits per heavy atom. The number of nitrogens with zero attached hydrogens (tertiary/aromatic N) is 1. The largest absolute Gasteiger partial charge is 0.390 e. The lowest BCUT2D eigenvalue weighted by atomic mass is 9.60. The van der Waals surface area contributed by atoms with E-state index < -0.39 is 12.1 Å². The predicted molar refractivity (Wildman–Crippen MR) is 135 cm³/mol. The highest BCUT2D eigenvalue weighted by Crippen LogP contribution is 2.60. The monoisotopic (exact) mass is 455 g/mol. The first kappa shape index (κ1) is 24.9. The quantitative estimate of drug-likeness (QED) is 0.320. The standard InChI is InChI=1S/C29H45NO3/c1-20(8-6-17-29(32)15-4-5-16-29)24-12-13-25-23(9-7-14-28(24,25)3)11-10-22-18-26(30-33)21(2)27(31)19-22/h10-11,20,24-27,31-32H,2,4-9,12-19H2,1,3H3/b22-10+,23-11+/t20-,24?,25?,26+,27+,28+/m0/s1. The Morgan fingerprint density at radius 3 is 2.64 bits per heavy atom. The molecule has 4 saturated carbocycles. The lowest BCUT2D eigenvalue weighted by Gasteiger charge is -2.44. The molecule has 0 saturated heterocycles. The summed E-state index contributed by atoms with van der Waals surface area (Å²) in [7, 11) is 0. The molecule has 4 aliphatic rings. The summed E-state index contributed by atoms with van der Waals surface area (Å²) in [4.78, 5) is 11.1. The van der Waals surface area contributed by atoms with E-state index >= 15 is 0 Å². The molecule has 4 fully saturated rings. The number of aliphatic hydroxyl groups is 2. The third kappa shape index (κ3) is 5.22. The Kier molecular flexibility index (Phi) is 7.65. The van der Waals surface area contributed by atoms with Gasteiger partial charge in [-0.2, -0.15) is 4.91 Å². The molecule has 6 atom stereocenters. The molecule has 2 N–H and O–H groups in total. The van der Waals surface area contributed by atoms with Gasteiger partial charge in [0.25, 0.3) is 0 Å². The molecule has 4 heteroatoms. The molecule has 4 rings (SSSR count). The van der Waals surface area contributed by atoms with Crippen molar-refractivity contribution in [2.24, 2.45) is 28.3 Å². The zero-order chi connectivity index (χ0) is 23.6.